The van der Waals surface area contributed by atoms with E-state index >= 15 is 0 Å². The lowest BCUT2D eigenvalue weighted by atomic mass is 10.1. The summed E-state index contributed by atoms with van der Waals surface area (Å²) in [5.41, 5.74) is 1.23. The standard InChI is InChI=1S/C12H8N4OS/c1-2-3-9-12-8(10(4-13)15-7-17)5-14-6-11(12)18-16-9/h5-7,10H,1H3,(H,15,17). The zero-order valence-corrected chi connectivity index (χ0v) is 10.3. The number of rotatable bonds is 3. The van der Waals surface area contributed by atoms with Crippen LogP contribution in [0.2, 0.25) is 0 Å². The third-order valence-corrected chi connectivity index (χ3v) is 3.11. The van der Waals surface area contributed by atoms with E-state index in [0.29, 0.717) is 17.7 Å². The second kappa shape index (κ2) is 5.26. The summed E-state index contributed by atoms with van der Waals surface area (Å²) in [5, 5.41) is 12.3. The first-order chi connectivity index (χ1) is 8.81. The van der Waals surface area contributed by atoms with Gasteiger partial charge in [0.25, 0.3) is 0 Å². The van der Waals surface area contributed by atoms with Gasteiger partial charge < -0.3 is 5.32 Å². The number of nitrogens with one attached hydrogen (secondary N) is 1. The molecule has 0 saturated heterocycles. The van der Waals surface area contributed by atoms with Crippen LogP contribution < -0.4 is 5.32 Å². The maximum atomic E-state index is 10.5. The molecule has 2 rings (SSSR count). The Morgan fingerprint density at radius 3 is 3.06 bits per heavy atom. The van der Waals surface area contributed by atoms with E-state index in [9.17, 15) is 4.79 Å². The molecule has 0 aromatic carbocycles. The smallest absolute Gasteiger partial charge is 0.208 e. The summed E-state index contributed by atoms with van der Waals surface area (Å²) in [6, 6.07) is 1.27. The molecule has 1 atom stereocenters. The van der Waals surface area contributed by atoms with Gasteiger partial charge in [-0.3, -0.25) is 9.78 Å². The Bertz CT molecular complexity index is 689. The van der Waals surface area contributed by atoms with E-state index in [1.807, 2.05) is 6.07 Å². The van der Waals surface area contributed by atoms with Crippen molar-refractivity contribution >= 4 is 28.0 Å². The van der Waals surface area contributed by atoms with Gasteiger partial charge in [0.15, 0.2) is 0 Å². The molecule has 0 aliphatic carbocycles. The molecule has 0 aliphatic rings. The molecule has 1 amide bonds. The normalized spacial score (nSPS) is 11.1. The summed E-state index contributed by atoms with van der Waals surface area (Å²) >= 11 is 1.27. The van der Waals surface area contributed by atoms with Gasteiger partial charge in [0.1, 0.15) is 11.7 Å². The summed E-state index contributed by atoms with van der Waals surface area (Å²) in [6.07, 6.45) is 3.73. The van der Waals surface area contributed by atoms with Crippen molar-refractivity contribution in [3.8, 4) is 17.9 Å². The van der Waals surface area contributed by atoms with Crippen LogP contribution in [-0.4, -0.2) is 15.8 Å². The van der Waals surface area contributed by atoms with E-state index in [1.54, 1.807) is 19.3 Å². The number of nitriles is 1. The summed E-state index contributed by atoms with van der Waals surface area (Å²) in [4.78, 5) is 14.6. The van der Waals surface area contributed by atoms with Gasteiger partial charge in [-0.05, 0) is 24.4 Å². The second-order valence-corrected chi connectivity index (χ2v) is 4.16. The maximum Gasteiger partial charge on any atom is 0.208 e. The summed E-state index contributed by atoms with van der Waals surface area (Å²) in [7, 11) is 0. The zero-order valence-electron chi connectivity index (χ0n) is 9.47. The molecule has 1 unspecified atom stereocenters. The molecule has 6 heteroatoms. The molecule has 88 valence electrons. The van der Waals surface area contributed by atoms with Gasteiger partial charge in [0.05, 0.1) is 10.8 Å². The van der Waals surface area contributed by atoms with Gasteiger partial charge in [-0.1, -0.05) is 5.92 Å². The minimum absolute atomic E-state index is 0.498. The average molecular weight is 256 g/mol. The molecule has 0 fully saturated rings. The van der Waals surface area contributed by atoms with Crippen LogP contribution in [0, 0.1) is 23.2 Å². The second-order valence-electron chi connectivity index (χ2n) is 3.35. The van der Waals surface area contributed by atoms with Crippen molar-refractivity contribution in [3.05, 3.63) is 23.7 Å². The van der Waals surface area contributed by atoms with Crippen molar-refractivity contribution in [1.82, 2.24) is 14.7 Å². The average Bonchev–Trinajstić information content (AvgIpc) is 2.80. The van der Waals surface area contributed by atoms with E-state index in [1.165, 1.54) is 11.5 Å². The van der Waals surface area contributed by atoms with E-state index in [-0.39, 0.29) is 0 Å². The Hall–Kier alpha value is -2.44. The first-order valence-corrected chi connectivity index (χ1v) is 5.84. The van der Waals surface area contributed by atoms with Gasteiger partial charge in [0, 0.05) is 23.3 Å². The predicted octanol–water partition coefficient (Wildman–Crippen LogP) is 1.37. The topological polar surface area (TPSA) is 78.7 Å². The number of carbonyl (C=O) groups is 1. The van der Waals surface area contributed by atoms with E-state index in [0.717, 1.165) is 10.1 Å². The fraction of sp³-hybridized carbons (Fsp3) is 0.167. The highest BCUT2D eigenvalue weighted by Gasteiger charge is 2.17. The Morgan fingerprint density at radius 2 is 2.39 bits per heavy atom. The van der Waals surface area contributed by atoms with Crippen LogP contribution >= 0.6 is 11.5 Å². The molecular weight excluding hydrogens is 248 g/mol. The van der Waals surface area contributed by atoms with Crippen LogP contribution in [0.4, 0.5) is 0 Å². The number of aromatic nitrogens is 2. The van der Waals surface area contributed by atoms with Gasteiger partial charge in [0.2, 0.25) is 6.41 Å². The lowest BCUT2D eigenvalue weighted by Gasteiger charge is -2.08. The van der Waals surface area contributed by atoms with Crippen molar-refractivity contribution in [1.29, 1.82) is 5.26 Å². The van der Waals surface area contributed by atoms with Crippen LogP contribution in [0.1, 0.15) is 24.2 Å². The monoisotopic (exact) mass is 256 g/mol. The minimum atomic E-state index is -0.743. The lowest BCUT2D eigenvalue weighted by Crippen LogP contribution is -2.18. The molecule has 0 bridgehead atoms. The number of pyridine rings is 1. The molecule has 2 aromatic heterocycles. The highest BCUT2D eigenvalue weighted by Crippen LogP contribution is 2.28. The summed E-state index contributed by atoms with van der Waals surface area (Å²) in [5.74, 6) is 5.67. The van der Waals surface area contributed by atoms with Crippen molar-refractivity contribution in [3.63, 3.8) is 0 Å². The third-order valence-electron chi connectivity index (χ3n) is 2.33. The highest BCUT2D eigenvalue weighted by atomic mass is 32.1. The number of hydrogen-bond donors (Lipinski definition) is 1. The Morgan fingerprint density at radius 1 is 1.56 bits per heavy atom. The summed E-state index contributed by atoms with van der Waals surface area (Å²) in [6.45, 7) is 1.72. The number of nitrogens with zero attached hydrogens (tertiary/aromatic N) is 3. The molecule has 18 heavy (non-hydrogen) atoms. The Labute approximate surface area is 108 Å². The van der Waals surface area contributed by atoms with Gasteiger partial charge in [-0.25, -0.2) is 0 Å². The molecule has 0 radical (unpaired) electrons. The molecular formula is C12H8N4OS. The van der Waals surface area contributed by atoms with Gasteiger partial charge in [-0.15, -0.1) is 0 Å². The van der Waals surface area contributed by atoms with Gasteiger partial charge >= 0.3 is 0 Å². The van der Waals surface area contributed by atoms with E-state index < -0.39 is 6.04 Å². The Kier molecular flexibility index (Phi) is 3.52. The van der Waals surface area contributed by atoms with Crippen LogP contribution in [0.15, 0.2) is 12.4 Å². The number of fused-ring (bicyclic) bond motifs is 1. The molecule has 2 heterocycles. The minimum Gasteiger partial charge on any atom is -0.339 e. The third kappa shape index (κ3) is 2.02. The maximum absolute atomic E-state index is 10.5. The fourth-order valence-electron chi connectivity index (χ4n) is 1.61. The fourth-order valence-corrected chi connectivity index (χ4v) is 2.35. The molecule has 0 aliphatic heterocycles. The Balaban J connectivity index is 2.68. The molecule has 1 N–H and O–H groups in total. The predicted molar refractivity (Wildman–Crippen MR) is 67.5 cm³/mol. The number of amides is 1. The van der Waals surface area contributed by atoms with Crippen LogP contribution in [-0.2, 0) is 4.79 Å². The van der Waals surface area contributed by atoms with Crippen molar-refractivity contribution < 1.29 is 4.79 Å². The van der Waals surface area contributed by atoms with Crippen molar-refractivity contribution in [2.45, 2.75) is 13.0 Å². The van der Waals surface area contributed by atoms with Crippen LogP contribution in [0.25, 0.3) is 10.1 Å². The largest absolute Gasteiger partial charge is 0.339 e. The molecule has 0 spiro atoms. The van der Waals surface area contributed by atoms with Crippen molar-refractivity contribution in [2.24, 2.45) is 0 Å². The zero-order chi connectivity index (χ0) is 13.0. The number of hydrogen-bond acceptors (Lipinski definition) is 5. The SMILES string of the molecule is CC#Cc1nsc2cncc(C(C#N)NC=O)c12. The lowest BCUT2D eigenvalue weighted by molar-refractivity contribution is -0.109. The molecule has 5 nitrogen and oxygen atoms in total. The first kappa shape index (κ1) is 12.0. The van der Waals surface area contributed by atoms with Gasteiger partial charge in [-0.2, -0.15) is 9.64 Å². The van der Waals surface area contributed by atoms with Crippen LogP contribution in [0.5, 0.6) is 0 Å². The quantitative estimate of drug-likeness (QED) is 0.664. The molecule has 2 aromatic rings. The molecule has 0 saturated carbocycles. The highest BCUT2D eigenvalue weighted by molar-refractivity contribution is 7.13. The van der Waals surface area contributed by atoms with Crippen molar-refractivity contribution in [2.75, 3.05) is 0 Å². The van der Waals surface area contributed by atoms with Crippen LogP contribution in [0.3, 0.4) is 0 Å². The summed E-state index contributed by atoms with van der Waals surface area (Å²) < 4.78 is 5.07. The number of carbonyl (C=O) groups excluding carboxylic acids is 1. The first-order valence-electron chi connectivity index (χ1n) is 5.07. The van der Waals surface area contributed by atoms with E-state index in [2.05, 4.69) is 26.5 Å². The van der Waals surface area contributed by atoms with E-state index in [4.69, 9.17) is 5.26 Å².